The van der Waals surface area contributed by atoms with Crippen LogP contribution in [0.3, 0.4) is 0 Å². The maximum atomic E-state index is 13.7. The van der Waals surface area contributed by atoms with Crippen LogP contribution in [0.2, 0.25) is 0 Å². The molecule has 9 heteroatoms. The van der Waals surface area contributed by atoms with Crippen molar-refractivity contribution in [3.8, 4) is 0 Å². The molecule has 2 rings (SSSR count). The Bertz CT molecular complexity index is 777. The van der Waals surface area contributed by atoms with Gasteiger partial charge in [0.2, 0.25) is 0 Å². The topological polar surface area (TPSA) is 85.3 Å². The molecule has 32 heavy (non-hydrogen) atoms. The lowest BCUT2D eigenvalue weighted by atomic mass is 9.84. The number of nitrogens with zero attached hydrogens (tertiary/aromatic N) is 1. The first-order valence-electron chi connectivity index (χ1n) is 10.7. The van der Waals surface area contributed by atoms with Crippen molar-refractivity contribution in [1.29, 1.82) is 0 Å². The summed E-state index contributed by atoms with van der Waals surface area (Å²) in [5.74, 6) is -3.95. The number of ether oxygens (including phenoxy) is 3. The number of likely N-dealkylation sites (tertiary alicyclic amines) is 1. The monoisotopic (exact) mass is 457 g/mol. The van der Waals surface area contributed by atoms with Crippen molar-refractivity contribution >= 4 is 12.1 Å². The number of carbonyl (C=O) groups excluding carboxylic acids is 1. The minimum Gasteiger partial charge on any atom is -0.481 e. The molecule has 0 radical (unpaired) electrons. The third-order valence-corrected chi connectivity index (χ3v) is 5.41. The van der Waals surface area contributed by atoms with E-state index in [9.17, 15) is 23.5 Å². The largest absolute Gasteiger partial charge is 0.481 e. The minimum absolute atomic E-state index is 0.175. The summed E-state index contributed by atoms with van der Waals surface area (Å²) in [4.78, 5) is 26.8. The van der Waals surface area contributed by atoms with Crippen molar-refractivity contribution in [2.24, 2.45) is 5.92 Å². The lowest BCUT2D eigenvalue weighted by Gasteiger charge is -2.45. The Balaban J connectivity index is 2.41. The molecule has 0 spiro atoms. The van der Waals surface area contributed by atoms with Gasteiger partial charge in [0.15, 0.2) is 0 Å². The van der Waals surface area contributed by atoms with Crippen molar-refractivity contribution in [2.45, 2.75) is 77.2 Å². The van der Waals surface area contributed by atoms with Gasteiger partial charge in [0, 0.05) is 19.2 Å². The molecule has 0 aliphatic carbocycles. The highest BCUT2D eigenvalue weighted by Crippen LogP contribution is 2.32. The molecule has 0 bridgehead atoms. The van der Waals surface area contributed by atoms with E-state index < -0.39 is 47.4 Å². The van der Waals surface area contributed by atoms with Crippen molar-refractivity contribution in [3.63, 3.8) is 0 Å². The predicted octanol–water partition coefficient (Wildman–Crippen LogP) is 4.38. The number of hydrogen-bond acceptors (Lipinski definition) is 5. The molecule has 0 saturated carbocycles. The standard InChI is InChI=1S/C23H33F2NO6/c1-14-7-6-8-19(26(14)22(29)32-23(2,3)4)20(31-13-30-5)18(21(27)28)11-15-9-16(24)12-17(25)10-15/h9-10,12,14,18-20H,6-8,11,13H2,1-5H3,(H,27,28)/t14-,18-,19+,20-/m0/s1. The highest BCUT2D eigenvalue weighted by molar-refractivity contribution is 5.72. The number of aliphatic carboxylic acids is 1. The van der Waals surface area contributed by atoms with Crippen molar-refractivity contribution in [3.05, 3.63) is 35.4 Å². The van der Waals surface area contributed by atoms with Crippen LogP contribution < -0.4 is 0 Å². The second kappa shape index (κ2) is 11.0. The van der Waals surface area contributed by atoms with Crippen molar-refractivity contribution in [2.75, 3.05) is 13.9 Å². The Hall–Kier alpha value is -2.26. The van der Waals surface area contributed by atoms with Crippen LogP contribution in [-0.2, 0) is 25.4 Å². The summed E-state index contributed by atoms with van der Waals surface area (Å²) in [6.07, 6.45) is 0.291. The number of carbonyl (C=O) groups is 2. The molecule has 1 aliphatic rings. The zero-order valence-corrected chi connectivity index (χ0v) is 19.3. The number of carboxylic acids is 1. The second-order valence-electron chi connectivity index (χ2n) is 9.20. The first-order chi connectivity index (χ1) is 14.9. The van der Waals surface area contributed by atoms with Crippen LogP contribution in [0.25, 0.3) is 0 Å². The van der Waals surface area contributed by atoms with Gasteiger partial charge in [0.1, 0.15) is 24.0 Å². The lowest BCUT2D eigenvalue weighted by Crippen LogP contribution is -2.58. The Morgan fingerprint density at radius 3 is 2.34 bits per heavy atom. The summed E-state index contributed by atoms with van der Waals surface area (Å²) < 4.78 is 43.8. The fourth-order valence-electron chi connectivity index (χ4n) is 4.15. The Labute approximate surface area is 187 Å². The van der Waals surface area contributed by atoms with Gasteiger partial charge in [-0.05, 0) is 71.1 Å². The number of amides is 1. The number of benzene rings is 1. The third kappa shape index (κ3) is 7.13. The molecule has 1 N–H and O–H groups in total. The molecule has 1 amide bonds. The van der Waals surface area contributed by atoms with Crippen LogP contribution >= 0.6 is 0 Å². The first-order valence-corrected chi connectivity index (χ1v) is 10.7. The number of piperidine rings is 1. The number of halogens is 2. The van der Waals surface area contributed by atoms with Crippen LogP contribution in [0.4, 0.5) is 13.6 Å². The van der Waals surface area contributed by atoms with Crippen LogP contribution in [0.5, 0.6) is 0 Å². The highest BCUT2D eigenvalue weighted by Gasteiger charge is 2.44. The van der Waals surface area contributed by atoms with Gasteiger partial charge >= 0.3 is 12.1 Å². The van der Waals surface area contributed by atoms with Crippen LogP contribution in [0, 0.1) is 17.6 Å². The van der Waals surface area contributed by atoms with Gasteiger partial charge in [0.25, 0.3) is 0 Å². The van der Waals surface area contributed by atoms with Gasteiger partial charge in [-0.1, -0.05) is 0 Å². The molecule has 1 heterocycles. The molecule has 1 aromatic rings. The number of rotatable bonds is 8. The van der Waals surface area contributed by atoms with E-state index in [1.54, 1.807) is 20.8 Å². The van der Waals surface area contributed by atoms with E-state index in [4.69, 9.17) is 14.2 Å². The van der Waals surface area contributed by atoms with Gasteiger partial charge in [-0.15, -0.1) is 0 Å². The van der Waals surface area contributed by atoms with Crippen molar-refractivity contribution < 1.29 is 37.7 Å². The van der Waals surface area contributed by atoms with E-state index in [0.717, 1.165) is 31.0 Å². The summed E-state index contributed by atoms with van der Waals surface area (Å²) in [6, 6.07) is 2.12. The van der Waals surface area contributed by atoms with E-state index in [2.05, 4.69) is 0 Å². The summed E-state index contributed by atoms with van der Waals surface area (Å²) in [5.41, 5.74) is -0.541. The normalized spacial score (nSPS) is 21.2. The second-order valence-corrected chi connectivity index (χ2v) is 9.20. The summed E-state index contributed by atoms with van der Waals surface area (Å²) in [7, 11) is 1.41. The first kappa shape index (κ1) is 26.0. The van der Waals surface area contributed by atoms with Gasteiger partial charge in [-0.3, -0.25) is 9.69 Å². The molecular formula is C23H33F2NO6. The lowest BCUT2D eigenvalue weighted by molar-refractivity contribution is -0.162. The molecule has 7 nitrogen and oxygen atoms in total. The average molecular weight is 458 g/mol. The maximum absolute atomic E-state index is 13.7. The van der Waals surface area contributed by atoms with Crippen LogP contribution in [0.1, 0.15) is 52.5 Å². The smallest absolute Gasteiger partial charge is 0.410 e. The number of hydrogen-bond donors (Lipinski definition) is 1. The number of carboxylic acid groups (broad SMARTS) is 1. The summed E-state index contributed by atoms with van der Waals surface area (Å²) in [6.45, 7) is 6.95. The van der Waals surface area contributed by atoms with Crippen molar-refractivity contribution in [1.82, 2.24) is 4.90 Å². The minimum atomic E-state index is -1.20. The highest BCUT2D eigenvalue weighted by atomic mass is 19.1. The SMILES string of the molecule is COCO[C@@H]([C@H](Cc1cc(F)cc(F)c1)C(=O)O)[C@H]1CCC[C@H](C)N1C(=O)OC(C)(C)C. The third-order valence-electron chi connectivity index (χ3n) is 5.41. The van der Waals surface area contributed by atoms with E-state index in [-0.39, 0.29) is 24.8 Å². The predicted molar refractivity (Wildman–Crippen MR) is 113 cm³/mol. The van der Waals surface area contributed by atoms with E-state index in [0.29, 0.717) is 6.42 Å². The van der Waals surface area contributed by atoms with Crippen LogP contribution in [0.15, 0.2) is 18.2 Å². The Morgan fingerprint density at radius 1 is 1.19 bits per heavy atom. The van der Waals surface area contributed by atoms with E-state index in [1.165, 1.54) is 12.0 Å². The molecular weight excluding hydrogens is 424 g/mol. The molecule has 4 atom stereocenters. The van der Waals surface area contributed by atoms with Crippen LogP contribution in [-0.4, -0.2) is 59.8 Å². The van der Waals surface area contributed by atoms with Gasteiger partial charge in [-0.2, -0.15) is 0 Å². The van der Waals surface area contributed by atoms with E-state index >= 15 is 0 Å². The van der Waals surface area contributed by atoms with Gasteiger partial charge < -0.3 is 19.3 Å². The van der Waals surface area contributed by atoms with E-state index in [1.807, 2.05) is 6.92 Å². The quantitative estimate of drug-likeness (QED) is 0.584. The van der Waals surface area contributed by atoms with Gasteiger partial charge in [0.05, 0.1) is 18.1 Å². The zero-order chi connectivity index (χ0) is 24.1. The summed E-state index contributed by atoms with van der Waals surface area (Å²) >= 11 is 0. The molecule has 1 saturated heterocycles. The Kier molecular flexibility index (Phi) is 8.98. The molecule has 1 aliphatic heterocycles. The Morgan fingerprint density at radius 2 is 1.81 bits per heavy atom. The average Bonchev–Trinajstić information content (AvgIpc) is 2.65. The fraction of sp³-hybridized carbons (Fsp3) is 0.652. The number of methoxy groups -OCH3 is 1. The molecule has 0 aromatic heterocycles. The molecule has 1 aromatic carbocycles. The summed E-state index contributed by atoms with van der Waals surface area (Å²) in [5, 5.41) is 10.0. The molecule has 180 valence electrons. The van der Waals surface area contributed by atoms with Gasteiger partial charge in [-0.25, -0.2) is 13.6 Å². The zero-order valence-electron chi connectivity index (χ0n) is 19.3. The maximum Gasteiger partial charge on any atom is 0.410 e. The molecule has 1 fully saturated rings. The fourth-order valence-corrected chi connectivity index (χ4v) is 4.15. The molecule has 0 unspecified atom stereocenters.